The maximum Gasteiger partial charge on any atom is 0.243 e. The Labute approximate surface area is 253 Å². The van der Waals surface area contributed by atoms with Gasteiger partial charge in [0.05, 0.1) is 17.0 Å². The van der Waals surface area contributed by atoms with Gasteiger partial charge < -0.3 is 10.2 Å². The van der Waals surface area contributed by atoms with Crippen LogP contribution in [-0.2, 0) is 32.6 Å². The van der Waals surface area contributed by atoms with E-state index in [0.717, 1.165) is 34.5 Å². The summed E-state index contributed by atoms with van der Waals surface area (Å²) in [5, 5.41) is 3.59. The summed E-state index contributed by atoms with van der Waals surface area (Å²) in [5.41, 5.74) is 2.09. The van der Waals surface area contributed by atoms with Crippen molar-refractivity contribution in [2.75, 3.05) is 23.7 Å². The molecule has 3 aromatic carbocycles. The molecule has 0 aliphatic rings. The average Bonchev–Trinajstić information content (AvgIpc) is 2.95. The van der Waals surface area contributed by atoms with Crippen LogP contribution in [0.5, 0.6) is 0 Å². The molecule has 0 unspecified atom stereocenters. The molecule has 0 aliphatic heterocycles. The zero-order chi connectivity index (χ0) is 29.8. The Balaban J connectivity index is 1.86. The van der Waals surface area contributed by atoms with E-state index in [-0.39, 0.29) is 48.5 Å². The Morgan fingerprint density at radius 3 is 2.15 bits per heavy atom. The van der Waals surface area contributed by atoms with Crippen molar-refractivity contribution in [1.82, 2.24) is 10.2 Å². The molecule has 0 aliphatic carbocycles. The minimum absolute atomic E-state index is 0.0237. The largest absolute Gasteiger partial charge is 0.354 e. The highest BCUT2D eigenvalue weighted by Gasteiger charge is 2.30. The van der Waals surface area contributed by atoms with Gasteiger partial charge in [0.2, 0.25) is 21.8 Å². The second-order valence-corrected chi connectivity index (χ2v) is 12.6. The summed E-state index contributed by atoms with van der Waals surface area (Å²) >= 11 is 12.4. The third-order valence-electron chi connectivity index (χ3n) is 6.63. The summed E-state index contributed by atoms with van der Waals surface area (Å²) in [7, 11) is -3.71. The minimum Gasteiger partial charge on any atom is -0.354 e. The van der Waals surface area contributed by atoms with Crippen molar-refractivity contribution in [3.8, 4) is 0 Å². The lowest BCUT2D eigenvalue weighted by atomic mass is 10.0. The number of carbonyl (C=O) groups excluding carboxylic acids is 2. The smallest absolute Gasteiger partial charge is 0.243 e. The number of amides is 2. The molecular weight excluding hydrogens is 581 g/mol. The lowest BCUT2D eigenvalue weighted by Crippen LogP contribution is -2.50. The first-order chi connectivity index (χ1) is 19.6. The number of hydrogen-bond acceptors (Lipinski definition) is 4. The highest BCUT2D eigenvalue weighted by molar-refractivity contribution is 7.92. The highest BCUT2D eigenvalue weighted by Crippen LogP contribution is 2.31. The fraction of sp³-hybridized carbons (Fsp3) is 0.355. The van der Waals surface area contributed by atoms with Crippen LogP contribution in [0.25, 0.3) is 0 Å². The number of carbonyl (C=O) groups is 2. The Bertz CT molecular complexity index is 1390. The van der Waals surface area contributed by atoms with E-state index in [2.05, 4.69) is 12.2 Å². The Hall–Kier alpha value is -3.07. The zero-order valence-corrected chi connectivity index (χ0v) is 25.8. The fourth-order valence-electron chi connectivity index (χ4n) is 4.50. The van der Waals surface area contributed by atoms with Crippen molar-refractivity contribution in [3.05, 3.63) is 100 Å². The molecular formula is C31H37Cl2N3O4S. The van der Waals surface area contributed by atoms with Crippen molar-refractivity contribution in [2.24, 2.45) is 0 Å². The topological polar surface area (TPSA) is 86.8 Å². The molecule has 0 bridgehead atoms. The predicted molar refractivity (Wildman–Crippen MR) is 167 cm³/mol. The van der Waals surface area contributed by atoms with Gasteiger partial charge in [-0.25, -0.2) is 8.42 Å². The van der Waals surface area contributed by atoms with Gasteiger partial charge in [-0.1, -0.05) is 97.2 Å². The number of benzene rings is 3. The van der Waals surface area contributed by atoms with Gasteiger partial charge in [0.1, 0.15) is 6.04 Å². The molecule has 220 valence electrons. The second kappa shape index (κ2) is 15.8. The standard InChI is InChI=1S/C31H37Cl2N3O4S/c1-3-4-19-34-31(38)29(21-24-12-7-5-8-13-24)35(23-25-14-9-6-10-15-25)30(37)16-11-20-36(41(2,39)40)28-22-26(32)17-18-27(28)33/h5-10,12-15,17-18,22,29H,3-4,11,16,19-21,23H2,1-2H3,(H,34,38)/t29-/m0/s1. The number of nitrogens with zero attached hydrogens (tertiary/aromatic N) is 2. The van der Waals surface area contributed by atoms with Crippen LogP contribution in [0, 0.1) is 0 Å². The van der Waals surface area contributed by atoms with Gasteiger partial charge >= 0.3 is 0 Å². The molecule has 1 atom stereocenters. The molecule has 7 nitrogen and oxygen atoms in total. The lowest BCUT2D eigenvalue weighted by molar-refractivity contribution is -0.141. The van der Waals surface area contributed by atoms with Crippen molar-refractivity contribution in [1.29, 1.82) is 0 Å². The van der Waals surface area contributed by atoms with Crippen molar-refractivity contribution in [3.63, 3.8) is 0 Å². The van der Waals surface area contributed by atoms with Crippen molar-refractivity contribution in [2.45, 2.75) is 51.6 Å². The van der Waals surface area contributed by atoms with E-state index in [4.69, 9.17) is 23.2 Å². The maximum absolute atomic E-state index is 13.8. The van der Waals surface area contributed by atoms with Crippen LogP contribution in [0.15, 0.2) is 78.9 Å². The normalized spacial score (nSPS) is 12.0. The van der Waals surface area contributed by atoms with E-state index >= 15 is 0 Å². The molecule has 10 heteroatoms. The SMILES string of the molecule is CCCCNC(=O)[C@H](Cc1ccccc1)N(Cc1ccccc1)C(=O)CCCN(c1cc(Cl)ccc1Cl)S(C)(=O)=O. The summed E-state index contributed by atoms with van der Waals surface area (Å²) in [6.07, 6.45) is 3.46. The predicted octanol–water partition coefficient (Wildman–Crippen LogP) is 6.10. The van der Waals surface area contributed by atoms with E-state index in [9.17, 15) is 18.0 Å². The Morgan fingerprint density at radius 2 is 1.54 bits per heavy atom. The van der Waals surface area contributed by atoms with E-state index < -0.39 is 16.1 Å². The number of sulfonamides is 1. The lowest BCUT2D eigenvalue weighted by Gasteiger charge is -2.32. The minimum atomic E-state index is -3.71. The van der Waals surface area contributed by atoms with Gasteiger partial charge in [0.25, 0.3) is 0 Å². The molecule has 3 rings (SSSR count). The van der Waals surface area contributed by atoms with Crippen LogP contribution in [0.4, 0.5) is 5.69 Å². The maximum atomic E-state index is 13.8. The third kappa shape index (κ3) is 10.1. The summed E-state index contributed by atoms with van der Waals surface area (Å²) in [4.78, 5) is 29.0. The third-order valence-corrected chi connectivity index (χ3v) is 8.36. The molecule has 0 saturated heterocycles. The number of halogens is 2. The van der Waals surface area contributed by atoms with Crippen LogP contribution in [0.2, 0.25) is 10.0 Å². The van der Waals surface area contributed by atoms with Gasteiger partial charge in [0.15, 0.2) is 0 Å². The van der Waals surface area contributed by atoms with E-state index in [0.29, 0.717) is 18.0 Å². The monoisotopic (exact) mass is 617 g/mol. The highest BCUT2D eigenvalue weighted by atomic mass is 35.5. The van der Waals surface area contributed by atoms with Crippen LogP contribution in [0.1, 0.15) is 43.7 Å². The van der Waals surface area contributed by atoms with E-state index in [1.54, 1.807) is 11.0 Å². The number of nitrogens with one attached hydrogen (secondary N) is 1. The van der Waals surface area contributed by atoms with Gasteiger partial charge in [-0.15, -0.1) is 0 Å². The average molecular weight is 619 g/mol. The summed E-state index contributed by atoms with van der Waals surface area (Å²) in [6.45, 7) is 2.84. The molecule has 2 amide bonds. The van der Waals surface area contributed by atoms with E-state index in [1.807, 2.05) is 60.7 Å². The molecule has 0 radical (unpaired) electrons. The molecule has 0 spiro atoms. The first-order valence-corrected chi connectivity index (χ1v) is 16.3. The molecule has 0 heterocycles. The number of anilines is 1. The molecule has 3 aromatic rings. The van der Waals surface area contributed by atoms with Gasteiger partial charge in [-0.05, 0) is 42.2 Å². The van der Waals surface area contributed by atoms with Crippen LogP contribution in [0.3, 0.4) is 0 Å². The summed E-state index contributed by atoms with van der Waals surface area (Å²) in [5.74, 6) is -0.457. The molecule has 0 fully saturated rings. The number of hydrogen-bond donors (Lipinski definition) is 1. The van der Waals surface area contributed by atoms with Crippen LogP contribution < -0.4 is 9.62 Å². The summed E-state index contributed by atoms with van der Waals surface area (Å²) in [6, 6.07) is 23.0. The van der Waals surface area contributed by atoms with Gasteiger partial charge in [-0.3, -0.25) is 13.9 Å². The molecule has 1 N–H and O–H groups in total. The first-order valence-electron chi connectivity index (χ1n) is 13.7. The number of rotatable bonds is 15. The first kappa shape index (κ1) is 32.4. The van der Waals surface area contributed by atoms with Crippen LogP contribution >= 0.6 is 23.2 Å². The zero-order valence-electron chi connectivity index (χ0n) is 23.4. The van der Waals surface area contributed by atoms with Crippen LogP contribution in [-0.4, -0.2) is 50.5 Å². The molecule has 0 saturated carbocycles. The van der Waals surface area contributed by atoms with Gasteiger partial charge in [0, 0.05) is 37.5 Å². The number of unbranched alkanes of at least 4 members (excludes halogenated alkanes) is 1. The fourth-order valence-corrected chi connectivity index (χ4v) is 5.90. The molecule has 0 aromatic heterocycles. The van der Waals surface area contributed by atoms with Crippen molar-refractivity contribution < 1.29 is 18.0 Å². The quantitative estimate of drug-likeness (QED) is 0.209. The summed E-state index contributed by atoms with van der Waals surface area (Å²) < 4.78 is 26.5. The Morgan fingerprint density at radius 1 is 0.902 bits per heavy atom. The van der Waals surface area contributed by atoms with Gasteiger partial charge in [-0.2, -0.15) is 0 Å². The van der Waals surface area contributed by atoms with E-state index in [1.165, 1.54) is 12.1 Å². The van der Waals surface area contributed by atoms with Crippen molar-refractivity contribution >= 4 is 50.7 Å². The Kier molecular flexibility index (Phi) is 12.5. The molecule has 41 heavy (non-hydrogen) atoms. The second-order valence-electron chi connectivity index (χ2n) is 9.89.